The van der Waals surface area contributed by atoms with E-state index < -0.39 is 5.82 Å². The van der Waals surface area contributed by atoms with E-state index in [1.54, 1.807) is 0 Å². The number of nitrogens with one attached hydrogen (secondary N) is 3. The molecule has 1 heterocycles. The molecule has 150 valence electrons. The zero-order chi connectivity index (χ0) is 18.4. The van der Waals surface area contributed by atoms with E-state index in [2.05, 4.69) is 16.0 Å². The number of hydrogen-bond acceptors (Lipinski definition) is 3. The molecule has 0 bridgehead atoms. The molecular formula is C20H29ClFN3O2. The van der Waals surface area contributed by atoms with Crippen molar-refractivity contribution in [1.29, 1.82) is 0 Å². The summed E-state index contributed by atoms with van der Waals surface area (Å²) in [5.74, 6) is -0.168. The Balaban J connectivity index is 0.00000261. The van der Waals surface area contributed by atoms with E-state index in [1.165, 1.54) is 18.2 Å². The number of anilines is 2. The molecule has 1 aliphatic heterocycles. The van der Waals surface area contributed by atoms with Crippen molar-refractivity contribution in [3.05, 3.63) is 24.0 Å². The molecule has 1 saturated heterocycles. The molecule has 2 amide bonds. The lowest BCUT2D eigenvalue weighted by Crippen LogP contribution is -2.25. The molecule has 27 heavy (non-hydrogen) atoms. The van der Waals surface area contributed by atoms with Crippen molar-refractivity contribution in [1.82, 2.24) is 5.32 Å². The zero-order valence-corrected chi connectivity index (χ0v) is 16.4. The van der Waals surface area contributed by atoms with Crippen molar-refractivity contribution < 1.29 is 14.0 Å². The molecule has 1 aromatic rings. The number of amides is 2. The van der Waals surface area contributed by atoms with Gasteiger partial charge in [0, 0.05) is 18.0 Å². The highest BCUT2D eigenvalue weighted by molar-refractivity contribution is 5.95. The molecule has 0 radical (unpaired) electrons. The van der Waals surface area contributed by atoms with Gasteiger partial charge in [-0.1, -0.05) is 19.3 Å². The molecule has 3 rings (SSSR count). The summed E-state index contributed by atoms with van der Waals surface area (Å²) in [5, 5.41) is 8.80. The summed E-state index contributed by atoms with van der Waals surface area (Å²) in [4.78, 5) is 24.5. The summed E-state index contributed by atoms with van der Waals surface area (Å²) in [6, 6.07) is 4.32. The van der Waals surface area contributed by atoms with Crippen LogP contribution in [0.5, 0.6) is 0 Å². The van der Waals surface area contributed by atoms with E-state index in [0.717, 1.165) is 58.0 Å². The lowest BCUT2D eigenvalue weighted by molar-refractivity contribution is -0.120. The summed E-state index contributed by atoms with van der Waals surface area (Å²) in [5.41, 5.74) is 0.651. The number of carbonyl (C=O) groups is 2. The van der Waals surface area contributed by atoms with Gasteiger partial charge in [-0.15, -0.1) is 12.4 Å². The number of halogens is 2. The van der Waals surface area contributed by atoms with Crippen LogP contribution in [0.4, 0.5) is 15.8 Å². The Bertz CT molecular complexity index is 644. The fourth-order valence-corrected chi connectivity index (χ4v) is 3.82. The average Bonchev–Trinajstić information content (AvgIpc) is 3.17. The van der Waals surface area contributed by atoms with Gasteiger partial charge in [-0.25, -0.2) is 4.39 Å². The molecular weight excluding hydrogens is 369 g/mol. The van der Waals surface area contributed by atoms with Gasteiger partial charge in [-0.2, -0.15) is 0 Å². The smallest absolute Gasteiger partial charge is 0.227 e. The average molecular weight is 398 g/mol. The first-order valence-corrected chi connectivity index (χ1v) is 9.73. The minimum Gasteiger partial charge on any atom is -0.326 e. The number of hydrogen-bond donors (Lipinski definition) is 3. The molecule has 1 unspecified atom stereocenters. The Hall–Kier alpha value is -1.66. The van der Waals surface area contributed by atoms with Crippen molar-refractivity contribution in [3.63, 3.8) is 0 Å². The van der Waals surface area contributed by atoms with Crippen molar-refractivity contribution in [2.45, 2.75) is 51.4 Å². The highest BCUT2D eigenvalue weighted by Crippen LogP contribution is 2.26. The first-order chi connectivity index (χ1) is 12.6. The third kappa shape index (κ3) is 6.47. The summed E-state index contributed by atoms with van der Waals surface area (Å²) in [6.07, 6.45) is 7.40. The van der Waals surface area contributed by atoms with Crippen LogP contribution < -0.4 is 16.0 Å². The molecule has 1 saturated carbocycles. The minimum absolute atomic E-state index is 0. The Morgan fingerprint density at radius 3 is 2.59 bits per heavy atom. The van der Waals surface area contributed by atoms with Gasteiger partial charge in [-0.3, -0.25) is 9.59 Å². The third-order valence-electron chi connectivity index (χ3n) is 5.43. The van der Waals surface area contributed by atoms with Crippen molar-refractivity contribution >= 4 is 35.6 Å². The Labute approximate surface area is 166 Å². The van der Waals surface area contributed by atoms with Crippen LogP contribution in [-0.4, -0.2) is 24.9 Å². The van der Waals surface area contributed by atoms with Gasteiger partial charge in [0.15, 0.2) is 0 Å². The van der Waals surface area contributed by atoms with Gasteiger partial charge >= 0.3 is 0 Å². The van der Waals surface area contributed by atoms with Gasteiger partial charge in [0.05, 0.1) is 5.69 Å². The highest BCUT2D eigenvalue weighted by Gasteiger charge is 2.22. The van der Waals surface area contributed by atoms with Gasteiger partial charge in [-0.05, 0) is 62.9 Å². The van der Waals surface area contributed by atoms with Crippen LogP contribution in [-0.2, 0) is 9.59 Å². The van der Waals surface area contributed by atoms with Crippen molar-refractivity contribution in [2.75, 3.05) is 23.7 Å². The largest absolute Gasteiger partial charge is 0.326 e. The van der Waals surface area contributed by atoms with E-state index in [-0.39, 0.29) is 35.8 Å². The van der Waals surface area contributed by atoms with Gasteiger partial charge in [0.25, 0.3) is 0 Å². The second-order valence-corrected chi connectivity index (χ2v) is 7.46. The first kappa shape index (κ1) is 21.6. The van der Waals surface area contributed by atoms with Crippen LogP contribution in [0.1, 0.15) is 51.4 Å². The standard InChI is InChI=1S/C20H28FN3O2.ClH/c21-17-8-7-16(23-19(25)9-6-14-10-11-22-13-14)12-18(17)24-20(26)15-4-2-1-3-5-15;/h7-8,12,14-15,22H,1-6,9-11,13H2,(H,23,25)(H,24,26);1H. The molecule has 1 atom stereocenters. The Morgan fingerprint density at radius 1 is 1.11 bits per heavy atom. The van der Waals surface area contributed by atoms with Gasteiger partial charge in [0.1, 0.15) is 5.82 Å². The Morgan fingerprint density at radius 2 is 1.89 bits per heavy atom. The quantitative estimate of drug-likeness (QED) is 0.677. The van der Waals surface area contributed by atoms with Gasteiger partial charge < -0.3 is 16.0 Å². The number of benzene rings is 1. The maximum Gasteiger partial charge on any atom is 0.227 e. The van der Waals surface area contributed by atoms with Crippen molar-refractivity contribution in [2.24, 2.45) is 11.8 Å². The first-order valence-electron chi connectivity index (χ1n) is 9.73. The summed E-state index contributed by atoms with van der Waals surface area (Å²) in [7, 11) is 0. The maximum atomic E-state index is 14.1. The Kier molecular flexibility index (Phi) is 8.51. The van der Waals surface area contributed by atoms with Crippen LogP contribution in [0, 0.1) is 17.7 Å². The fraction of sp³-hybridized carbons (Fsp3) is 0.600. The molecule has 0 aromatic heterocycles. The van der Waals surface area contributed by atoms with E-state index in [9.17, 15) is 14.0 Å². The van der Waals surface area contributed by atoms with E-state index in [0.29, 0.717) is 18.0 Å². The molecule has 5 nitrogen and oxygen atoms in total. The lowest BCUT2D eigenvalue weighted by Gasteiger charge is -2.21. The van der Waals surface area contributed by atoms with Crippen LogP contribution >= 0.6 is 12.4 Å². The fourth-order valence-electron chi connectivity index (χ4n) is 3.82. The summed E-state index contributed by atoms with van der Waals surface area (Å²) >= 11 is 0. The predicted molar refractivity (Wildman–Crippen MR) is 108 cm³/mol. The van der Waals surface area contributed by atoms with Gasteiger partial charge in [0.2, 0.25) is 11.8 Å². The predicted octanol–water partition coefficient (Wildman–Crippen LogP) is 4.09. The summed E-state index contributed by atoms with van der Waals surface area (Å²) in [6.45, 7) is 2.00. The summed E-state index contributed by atoms with van der Waals surface area (Å²) < 4.78 is 14.1. The normalized spacial score (nSPS) is 20.0. The topological polar surface area (TPSA) is 70.2 Å². The van der Waals surface area contributed by atoms with Crippen LogP contribution in [0.25, 0.3) is 0 Å². The SMILES string of the molecule is Cl.O=C(CCC1CCNC1)Nc1ccc(F)c(NC(=O)C2CCCCC2)c1. The molecule has 7 heteroatoms. The molecule has 2 aliphatic rings. The maximum absolute atomic E-state index is 14.1. The second-order valence-electron chi connectivity index (χ2n) is 7.46. The van der Waals surface area contributed by atoms with E-state index >= 15 is 0 Å². The zero-order valence-electron chi connectivity index (χ0n) is 15.6. The van der Waals surface area contributed by atoms with Crippen molar-refractivity contribution in [3.8, 4) is 0 Å². The molecule has 1 aromatic carbocycles. The molecule has 3 N–H and O–H groups in total. The highest BCUT2D eigenvalue weighted by atomic mass is 35.5. The number of rotatable bonds is 6. The molecule has 1 aliphatic carbocycles. The van der Waals surface area contributed by atoms with E-state index in [1.807, 2.05) is 0 Å². The van der Waals surface area contributed by atoms with E-state index in [4.69, 9.17) is 0 Å². The molecule has 2 fully saturated rings. The minimum atomic E-state index is -0.482. The number of carbonyl (C=O) groups excluding carboxylic acids is 2. The lowest BCUT2D eigenvalue weighted by atomic mass is 9.88. The van der Waals surface area contributed by atoms with Crippen LogP contribution in [0.15, 0.2) is 18.2 Å². The van der Waals surface area contributed by atoms with Crippen LogP contribution in [0.2, 0.25) is 0 Å². The molecule has 0 spiro atoms. The monoisotopic (exact) mass is 397 g/mol. The third-order valence-corrected chi connectivity index (χ3v) is 5.43. The van der Waals surface area contributed by atoms with Crippen LogP contribution in [0.3, 0.4) is 0 Å². The second kappa shape index (κ2) is 10.6.